The predicted octanol–water partition coefficient (Wildman–Crippen LogP) is 0.426. The van der Waals surface area contributed by atoms with Crippen molar-refractivity contribution in [3.05, 3.63) is 0 Å². The van der Waals surface area contributed by atoms with Crippen LogP contribution in [-0.2, 0) is 9.57 Å². The summed E-state index contributed by atoms with van der Waals surface area (Å²) in [5.74, 6) is 0. The number of hydrogen-bond acceptors (Lipinski definition) is 3. The lowest BCUT2D eigenvalue weighted by Gasteiger charge is -2.09. The summed E-state index contributed by atoms with van der Waals surface area (Å²) in [5, 5.41) is 1.56. The average Bonchev–Trinajstić information content (AvgIpc) is 2.08. The van der Waals surface area contributed by atoms with Crippen molar-refractivity contribution in [1.29, 1.82) is 0 Å². The van der Waals surface area contributed by atoms with Crippen LogP contribution in [0.25, 0.3) is 0 Å². The fraction of sp³-hybridized carbons (Fsp3) is 0.833. The van der Waals surface area contributed by atoms with Crippen molar-refractivity contribution in [2.24, 2.45) is 0 Å². The minimum atomic E-state index is -4.43. The van der Waals surface area contributed by atoms with Gasteiger partial charge < -0.3 is 10.1 Å². The van der Waals surface area contributed by atoms with E-state index < -0.39 is 18.8 Å². The molecule has 0 aromatic rings. The molecule has 0 heterocycles. The summed E-state index contributed by atoms with van der Waals surface area (Å²) in [6.07, 6.45) is -4.43. The van der Waals surface area contributed by atoms with E-state index in [0.29, 0.717) is 0 Å². The van der Waals surface area contributed by atoms with Crippen molar-refractivity contribution >= 4 is 6.03 Å². The first kappa shape index (κ1) is 13.0. The van der Waals surface area contributed by atoms with Gasteiger partial charge in [-0.05, 0) is 0 Å². The zero-order valence-corrected chi connectivity index (χ0v) is 7.48. The van der Waals surface area contributed by atoms with E-state index in [-0.39, 0.29) is 13.2 Å². The summed E-state index contributed by atoms with van der Waals surface area (Å²) < 4.78 is 39.2. The highest BCUT2D eigenvalue weighted by Crippen LogP contribution is 2.11. The molecule has 2 N–H and O–H groups in total. The minimum Gasteiger partial charge on any atom is -0.382 e. The Balaban J connectivity index is 3.38. The first-order valence-corrected chi connectivity index (χ1v) is 3.67. The lowest BCUT2D eigenvalue weighted by Crippen LogP contribution is -2.41. The summed E-state index contributed by atoms with van der Waals surface area (Å²) >= 11 is 0. The predicted molar refractivity (Wildman–Crippen MR) is 40.4 cm³/mol. The molecule has 0 saturated carbocycles. The summed E-state index contributed by atoms with van der Waals surface area (Å²) in [5.41, 5.74) is 1.76. The number of carbonyl (C=O) groups is 1. The van der Waals surface area contributed by atoms with Gasteiger partial charge in [0.2, 0.25) is 0 Å². The van der Waals surface area contributed by atoms with E-state index >= 15 is 0 Å². The highest BCUT2D eigenvalue weighted by molar-refractivity contribution is 5.72. The third kappa shape index (κ3) is 9.07. The molecule has 0 radical (unpaired) electrons. The molecule has 0 rings (SSSR count). The Hall–Kier alpha value is -1.02. The molecule has 5 nitrogen and oxygen atoms in total. The molecule has 0 bridgehead atoms. The Bertz CT molecular complexity index is 174. The maximum atomic E-state index is 11.6. The van der Waals surface area contributed by atoms with E-state index in [4.69, 9.17) is 0 Å². The van der Waals surface area contributed by atoms with Gasteiger partial charge in [-0.2, -0.15) is 13.2 Å². The number of ether oxygens (including phenoxy) is 1. The van der Waals surface area contributed by atoms with Gasteiger partial charge >= 0.3 is 12.2 Å². The smallest absolute Gasteiger partial charge is 0.382 e. The zero-order chi connectivity index (χ0) is 11.0. The highest BCUT2D eigenvalue weighted by atomic mass is 19.4. The Labute approximate surface area is 78.5 Å². The number of hydroxylamine groups is 1. The second-order valence-electron chi connectivity index (χ2n) is 2.24. The Morgan fingerprint density at radius 2 is 2.00 bits per heavy atom. The number of urea groups is 1. The first-order chi connectivity index (χ1) is 6.45. The second kappa shape index (κ2) is 6.44. The van der Waals surface area contributed by atoms with Gasteiger partial charge in [-0.3, -0.25) is 4.84 Å². The van der Waals surface area contributed by atoms with Crippen molar-refractivity contribution < 1.29 is 27.5 Å². The van der Waals surface area contributed by atoms with Crippen LogP contribution in [0.4, 0.5) is 18.0 Å². The summed E-state index contributed by atoms with van der Waals surface area (Å²) in [4.78, 5) is 15.0. The van der Waals surface area contributed by atoms with Crippen LogP contribution < -0.4 is 10.8 Å². The maximum absolute atomic E-state index is 11.6. The largest absolute Gasteiger partial charge is 0.405 e. The molecule has 0 aromatic heterocycles. The first-order valence-electron chi connectivity index (χ1n) is 3.67. The Morgan fingerprint density at radius 1 is 1.36 bits per heavy atom. The lowest BCUT2D eigenvalue weighted by molar-refractivity contribution is -0.123. The molecule has 0 aliphatic heterocycles. The van der Waals surface area contributed by atoms with Crippen molar-refractivity contribution in [3.8, 4) is 0 Å². The highest BCUT2D eigenvalue weighted by Gasteiger charge is 2.27. The van der Waals surface area contributed by atoms with Crippen LogP contribution in [0.1, 0.15) is 0 Å². The van der Waals surface area contributed by atoms with Gasteiger partial charge in [0.25, 0.3) is 0 Å². The molecular formula is C6H11F3N2O3. The van der Waals surface area contributed by atoms with Gasteiger partial charge in [-0.15, -0.1) is 0 Å². The van der Waals surface area contributed by atoms with Gasteiger partial charge in [-0.1, -0.05) is 0 Å². The minimum absolute atomic E-state index is 0.0654. The number of alkyl halides is 3. The average molecular weight is 216 g/mol. The van der Waals surface area contributed by atoms with Gasteiger partial charge in [0.1, 0.15) is 6.54 Å². The summed E-state index contributed by atoms with van der Waals surface area (Å²) in [6.45, 7) is -1.10. The van der Waals surface area contributed by atoms with Crippen LogP contribution in [-0.4, -0.2) is 39.1 Å². The van der Waals surface area contributed by atoms with E-state index in [1.54, 1.807) is 10.8 Å². The number of rotatable bonds is 5. The number of halogens is 3. The number of amides is 2. The number of carbonyl (C=O) groups excluding carboxylic acids is 1. The molecular weight excluding hydrogens is 205 g/mol. The van der Waals surface area contributed by atoms with E-state index in [2.05, 4.69) is 9.57 Å². The zero-order valence-electron chi connectivity index (χ0n) is 7.48. The standard InChI is InChI=1S/C6H11F3N2O3/c1-13-2-3-14-11-5(12)10-4-6(7,8)9/h2-4H2,1H3,(H2,10,11,12). The molecule has 14 heavy (non-hydrogen) atoms. The topological polar surface area (TPSA) is 59.6 Å². The molecule has 0 saturated heterocycles. The molecule has 0 spiro atoms. The molecule has 0 unspecified atom stereocenters. The fourth-order valence-electron chi connectivity index (χ4n) is 0.458. The summed E-state index contributed by atoms with van der Waals surface area (Å²) in [6, 6.07) is -1.04. The van der Waals surface area contributed by atoms with Gasteiger partial charge in [0.05, 0.1) is 13.2 Å². The summed E-state index contributed by atoms with van der Waals surface area (Å²) in [7, 11) is 1.42. The normalized spacial score (nSPS) is 11.1. The van der Waals surface area contributed by atoms with Crippen LogP contribution in [0.2, 0.25) is 0 Å². The van der Waals surface area contributed by atoms with Crippen LogP contribution in [0, 0.1) is 0 Å². The molecule has 8 heteroatoms. The quantitative estimate of drug-likeness (QED) is 0.517. The van der Waals surface area contributed by atoms with Crippen molar-refractivity contribution in [1.82, 2.24) is 10.8 Å². The Kier molecular flexibility index (Phi) is 5.97. The third-order valence-corrected chi connectivity index (χ3v) is 1.00. The van der Waals surface area contributed by atoms with Gasteiger partial charge in [0, 0.05) is 7.11 Å². The number of nitrogens with one attached hydrogen (secondary N) is 2. The lowest BCUT2D eigenvalue weighted by atomic mass is 10.6. The van der Waals surface area contributed by atoms with Crippen molar-refractivity contribution in [2.75, 3.05) is 26.9 Å². The van der Waals surface area contributed by atoms with Crippen LogP contribution in [0.15, 0.2) is 0 Å². The van der Waals surface area contributed by atoms with Crippen molar-refractivity contribution in [3.63, 3.8) is 0 Å². The van der Waals surface area contributed by atoms with Crippen LogP contribution >= 0.6 is 0 Å². The maximum Gasteiger partial charge on any atom is 0.405 e. The molecule has 0 aliphatic rings. The second-order valence-corrected chi connectivity index (χ2v) is 2.24. The Morgan fingerprint density at radius 3 is 2.50 bits per heavy atom. The fourth-order valence-corrected chi connectivity index (χ4v) is 0.458. The van der Waals surface area contributed by atoms with Crippen LogP contribution in [0.3, 0.4) is 0 Å². The molecule has 0 fully saturated rings. The monoisotopic (exact) mass is 216 g/mol. The third-order valence-electron chi connectivity index (χ3n) is 1.00. The molecule has 0 atom stereocenters. The van der Waals surface area contributed by atoms with Crippen molar-refractivity contribution in [2.45, 2.75) is 6.18 Å². The van der Waals surface area contributed by atoms with E-state index in [9.17, 15) is 18.0 Å². The van der Waals surface area contributed by atoms with E-state index in [1.165, 1.54) is 7.11 Å². The number of hydrogen-bond donors (Lipinski definition) is 2. The SMILES string of the molecule is COCCONC(=O)NCC(F)(F)F. The molecule has 0 aliphatic carbocycles. The van der Waals surface area contributed by atoms with E-state index in [1.807, 2.05) is 0 Å². The van der Waals surface area contributed by atoms with E-state index in [0.717, 1.165) is 0 Å². The number of methoxy groups -OCH3 is 1. The van der Waals surface area contributed by atoms with Crippen LogP contribution in [0.5, 0.6) is 0 Å². The van der Waals surface area contributed by atoms with Gasteiger partial charge in [0.15, 0.2) is 0 Å². The molecule has 84 valence electrons. The molecule has 2 amide bonds. The molecule has 0 aromatic carbocycles. The van der Waals surface area contributed by atoms with Gasteiger partial charge in [-0.25, -0.2) is 10.3 Å².